The van der Waals surface area contributed by atoms with Gasteiger partial charge in [0.25, 0.3) is 0 Å². The Labute approximate surface area is 97.5 Å². The monoisotopic (exact) mass is 232 g/mol. The molecule has 1 saturated carbocycles. The Kier molecular flexibility index (Phi) is 2.17. The maximum atomic E-state index is 11.7. The molecule has 1 aliphatic rings. The molecule has 2 aromatic rings. The molecule has 3 rings (SSSR count). The lowest BCUT2D eigenvalue weighted by Gasteiger charge is -1.97. The lowest BCUT2D eigenvalue weighted by Crippen LogP contribution is -2.14. The van der Waals surface area contributed by atoms with Gasteiger partial charge in [-0.2, -0.15) is 0 Å². The van der Waals surface area contributed by atoms with Gasteiger partial charge in [-0.3, -0.25) is 4.79 Å². The maximum Gasteiger partial charge on any atom is 0.229 e. The highest BCUT2D eigenvalue weighted by Crippen LogP contribution is 2.39. The SMILES string of the molecule is C[C@@H]1C[C@H]1C(=O)Nc1nc2ccccc2s1. The minimum Gasteiger partial charge on any atom is -0.302 e. The van der Waals surface area contributed by atoms with E-state index in [0.29, 0.717) is 11.0 Å². The van der Waals surface area contributed by atoms with Gasteiger partial charge in [0.15, 0.2) is 5.13 Å². The van der Waals surface area contributed by atoms with E-state index in [1.807, 2.05) is 24.3 Å². The number of fused-ring (bicyclic) bond motifs is 1. The van der Waals surface area contributed by atoms with Gasteiger partial charge < -0.3 is 5.32 Å². The third kappa shape index (κ3) is 1.69. The number of thiazole rings is 1. The summed E-state index contributed by atoms with van der Waals surface area (Å²) in [5.41, 5.74) is 0.951. The fourth-order valence-corrected chi connectivity index (χ4v) is 2.68. The average molecular weight is 232 g/mol. The number of amides is 1. The third-order valence-corrected chi connectivity index (χ3v) is 3.92. The van der Waals surface area contributed by atoms with Crippen LogP contribution in [0.1, 0.15) is 13.3 Å². The van der Waals surface area contributed by atoms with E-state index in [9.17, 15) is 4.79 Å². The minimum atomic E-state index is 0.117. The molecule has 3 nitrogen and oxygen atoms in total. The van der Waals surface area contributed by atoms with Gasteiger partial charge in [0.2, 0.25) is 5.91 Å². The summed E-state index contributed by atoms with van der Waals surface area (Å²) in [4.78, 5) is 16.1. The van der Waals surface area contributed by atoms with Crippen molar-refractivity contribution in [1.29, 1.82) is 0 Å². The van der Waals surface area contributed by atoms with Crippen molar-refractivity contribution >= 4 is 32.6 Å². The van der Waals surface area contributed by atoms with E-state index < -0.39 is 0 Å². The summed E-state index contributed by atoms with van der Waals surface area (Å²) in [5.74, 6) is 0.855. The summed E-state index contributed by atoms with van der Waals surface area (Å²) >= 11 is 1.53. The quantitative estimate of drug-likeness (QED) is 0.865. The summed E-state index contributed by atoms with van der Waals surface area (Å²) in [6, 6.07) is 7.91. The topological polar surface area (TPSA) is 42.0 Å². The molecule has 4 heteroatoms. The van der Waals surface area contributed by atoms with Gasteiger partial charge in [0.1, 0.15) is 0 Å². The molecule has 0 aliphatic heterocycles. The number of carbonyl (C=O) groups is 1. The van der Waals surface area contributed by atoms with Crippen molar-refractivity contribution in [3.8, 4) is 0 Å². The number of hydrogen-bond donors (Lipinski definition) is 1. The molecule has 0 spiro atoms. The molecule has 1 aliphatic carbocycles. The molecule has 0 saturated heterocycles. The molecular formula is C12H12N2OS. The minimum absolute atomic E-state index is 0.117. The molecule has 2 atom stereocenters. The first-order valence-corrected chi connectivity index (χ1v) is 6.22. The molecule has 0 bridgehead atoms. The number of anilines is 1. The number of nitrogens with one attached hydrogen (secondary N) is 1. The largest absolute Gasteiger partial charge is 0.302 e. The molecule has 1 heterocycles. The van der Waals surface area contributed by atoms with E-state index in [4.69, 9.17) is 0 Å². The van der Waals surface area contributed by atoms with E-state index in [1.54, 1.807) is 0 Å². The Morgan fingerprint density at radius 2 is 2.25 bits per heavy atom. The van der Waals surface area contributed by atoms with Gasteiger partial charge >= 0.3 is 0 Å². The lowest BCUT2D eigenvalue weighted by molar-refractivity contribution is -0.117. The number of benzene rings is 1. The number of rotatable bonds is 2. The predicted octanol–water partition coefficient (Wildman–Crippen LogP) is 2.89. The van der Waals surface area contributed by atoms with E-state index in [-0.39, 0.29) is 11.8 Å². The van der Waals surface area contributed by atoms with Crippen molar-refractivity contribution in [3.05, 3.63) is 24.3 Å². The first-order chi connectivity index (χ1) is 7.74. The van der Waals surface area contributed by atoms with Crippen molar-refractivity contribution in [2.75, 3.05) is 5.32 Å². The molecule has 1 N–H and O–H groups in total. The number of hydrogen-bond acceptors (Lipinski definition) is 3. The fourth-order valence-electron chi connectivity index (χ4n) is 1.81. The highest BCUT2D eigenvalue weighted by molar-refractivity contribution is 7.22. The summed E-state index contributed by atoms with van der Waals surface area (Å²) in [6.07, 6.45) is 1.01. The Hall–Kier alpha value is -1.42. The van der Waals surface area contributed by atoms with Gasteiger partial charge in [0.05, 0.1) is 10.2 Å². The van der Waals surface area contributed by atoms with Gasteiger partial charge in [-0.1, -0.05) is 30.4 Å². The molecule has 82 valence electrons. The Bertz CT molecular complexity index is 516. The second-order valence-corrected chi connectivity index (χ2v) is 5.33. The second-order valence-electron chi connectivity index (χ2n) is 4.30. The summed E-state index contributed by atoms with van der Waals surface area (Å²) in [6.45, 7) is 2.10. The van der Waals surface area contributed by atoms with Crippen LogP contribution >= 0.6 is 11.3 Å². The molecule has 1 aromatic heterocycles. The smallest absolute Gasteiger partial charge is 0.229 e. The molecule has 0 unspecified atom stereocenters. The van der Waals surface area contributed by atoms with Crippen LogP contribution in [0.4, 0.5) is 5.13 Å². The Morgan fingerprint density at radius 3 is 2.94 bits per heavy atom. The predicted molar refractivity (Wildman–Crippen MR) is 65.5 cm³/mol. The number of nitrogens with zero attached hydrogens (tertiary/aromatic N) is 1. The fraction of sp³-hybridized carbons (Fsp3) is 0.333. The molecule has 1 aromatic carbocycles. The van der Waals surface area contributed by atoms with Crippen LogP contribution in [-0.4, -0.2) is 10.9 Å². The Balaban J connectivity index is 1.81. The van der Waals surface area contributed by atoms with E-state index in [1.165, 1.54) is 11.3 Å². The second kappa shape index (κ2) is 3.56. The molecule has 1 amide bonds. The van der Waals surface area contributed by atoms with Crippen LogP contribution in [0, 0.1) is 11.8 Å². The van der Waals surface area contributed by atoms with Crippen LogP contribution in [0.5, 0.6) is 0 Å². The van der Waals surface area contributed by atoms with Crippen LogP contribution in [0.15, 0.2) is 24.3 Å². The number of aromatic nitrogens is 1. The van der Waals surface area contributed by atoms with Crippen molar-refractivity contribution in [1.82, 2.24) is 4.98 Å². The number of para-hydroxylation sites is 1. The van der Waals surface area contributed by atoms with Crippen LogP contribution < -0.4 is 5.32 Å². The van der Waals surface area contributed by atoms with Crippen molar-refractivity contribution in [2.24, 2.45) is 11.8 Å². The molecule has 0 radical (unpaired) electrons. The highest BCUT2D eigenvalue weighted by Gasteiger charge is 2.39. The van der Waals surface area contributed by atoms with Crippen molar-refractivity contribution < 1.29 is 4.79 Å². The zero-order valence-corrected chi connectivity index (χ0v) is 9.75. The zero-order valence-electron chi connectivity index (χ0n) is 8.93. The number of carbonyl (C=O) groups excluding carboxylic acids is 1. The maximum absolute atomic E-state index is 11.7. The van der Waals surface area contributed by atoms with Gasteiger partial charge in [-0.25, -0.2) is 4.98 Å². The van der Waals surface area contributed by atoms with Gasteiger partial charge in [-0.15, -0.1) is 0 Å². The van der Waals surface area contributed by atoms with Crippen molar-refractivity contribution in [3.63, 3.8) is 0 Å². The van der Waals surface area contributed by atoms with Crippen LogP contribution in [-0.2, 0) is 4.79 Å². The lowest BCUT2D eigenvalue weighted by atomic mass is 10.3. The normalized spacial score (nSPS) is 23.3. The molecular weight excluding hydrogens is 220 g/mol. The van der Waals surface area contributed by atoms with Crippen LogP contribution in [0.25, 0.3) is 10.2 Å². The molecule has 1 fully saturated rings. The van der Waals surface area contributed by atoms with Crippen LogP contribution in [0.3, 0.4) is 0 Å². The average Bonchev–Trinajstić information content (AvgIpc) is 2.87. The zero-order chi connectivity index (χ0) is 11.1. The van der Waals surface area contributed by atoms with Gasteiger partial charge in [0, 0.05) is 5.92 Å². The molecule has 16 heavy (non-hydrogen) atoms. The third-order valence-electron chi connectivity index (χ3n) is 2.97. The van der Waals surface area contributed by atoms with E-state index in [2.05, 4.69) is 17.2 Å². The summed E-state index contributed by atoms with van der Waals surface area (Å²) in [5, 5.41) is 3.61. The van der Waals surface area contributed by atoms with E-state index >= 15 is 0 Å². The first-order valence-electron chi connectivity index (χ1n) is 5.40. The summed E-state index contributed by atoms with van der Waals surface area (Å²) in [7, 11) is 0. The summed E-state index contributed by atoms with van der Waals surface area (Å²) < 4.78 is 1.11. The first kappa shape index (κ1) is 9.78. The van der Waals surface area contributed by atoms with Crippen molar-refractivity contribution in [2.45, 2.75) is 13.3 Å². The van der Waals surface area contributed by atoms with E-state index in [0.717, 1.165) is 16.6 Å². The van der Waals surface area contributed by atoms with Crippen LogP contribution in [0.2, 0.25) is 0 Å². The Morgan fingerprint density at radius 1 is 1.50 bits per heavy atom. The standard InChI is InChI=1S/C12H12N2OS/c1-7-6-8(7)11(15)14-12-13-9-4-2-3-5-10(9)16-12/h2-5,7-8H,6H2,1H3,(H,13,14,15)/t7-,8-/m1/s1. The highest BCUT2D eigenvalue weighted by atomic mass is 32.1. The van der Waals surface area contributed by atoms with Gasteiger partial charge in [-0.05, 0) is 24.5 Å².